The van der Waals surface area contributed by atoms with Crippen LogP contribution in [0.3, 0.4) is 0 Å². The summed E-state index contributed by atoms with van der Waals surface area (Å²) in [6.45, 7) is 6.53. The first-order chi connectivity index (χ1) is 9.16. The molecule has 0 fully saturated rings. The van der Waals surface area contributed by atoms with E-state index in [2.05, 4.69) is 0 Å². The lowest BCUT2D eigenvalue weighted by atomic mass is 10.1. The molecule has 1 amide bonds. The summed E-state index contributed by atoms with van der Waals surface area (Å²) in [7, 11) is -3.97. The van der Waals surface area contributed by atoms with Gasteiger partial charge in [0.2, 0.25) is 10.0 Å². The standard InChI is InChI=1S/C13H19FN2O3S/c1-4-16(8-9(2)3)13(17)11-7-10(20(15,18)19)5-6-12(11)14/h5-7,9H,4,8H2,1-3H3,(H2,15,18,19). The maximum Gasteiger partial charge on any atom is 0.256 e. The van der Waals surface area contributed by atoms with Crippen LogP contribution in [0.15, 0.2) is 23.1 Å². The van der Waals surface area contributed by atoms with Crippen molar-refractivity contribution in [2.24, 2.45) is 11.1 Å². The van der Waals surface area contributed by atoms with Crippen molar-refractivity contribution in [2.75, 3.05) is 13.1 Å². The Bertz CT molecular complexity index is 600. The molecule has 0 unspecified atom stereocenters. The number of halogens is 1. The molecule has 1 rings (SSSR count). The van der Waals surface area contributed by atoms with E-state index in [9.17, 15) is 17.6 Å². The van der Waals surface area contributed by atoms with E-state index >= 15 is 0 Å². The second-order valence-electron chi connectivity index (χ2n) is 4.92. The molecule has 0 saturated carbocycles. The SMILES string of the molecule is CCN(CC(C)C)C(=O)c1cc(S(N)(=O)=O)ccc1F. The predicted octanol–water partition coefficient (Wildman–Crippen LogP) is 1.59. The zero-order valence-electron chi connectivity index (χ0n) is 11.8. The van der Waals surface area contributed by atoms with Crippen LogP contribution in [0.25, 0.3) is 0 Å². The van der Waals surface area contributed by atoms with E-state index in [4.69, 9.17) is 5.14 Å². The van der Waals surface area contributed by atoms with E-state index in [1.165, 1.54) is 4.90 Å². The number of benzene rings is 1. The van der Waals surface area contributed by atoms with Crippen LogP contribution in [0.1, 0.15) is 31.1 Å². The Hall–Kier alpha value is -1.47. The molecule has 0 aliphatic rings. The van der Waals surface area contributed by atoms with Gasteiger partial charge in [-0.1, -0.05) is 13.8 Å². The van der Waals surface area contributed by atoms with E-state index in [0.29, 0.717) is 13.1 Å². The van der Waals surface area contributed by atoms with Gasteiger partial charge in [-0.25, -0.2) is 17.9 Å². The molecule has 112 valence electrons. The van der Waals surface area contributed by atoms with Gasteiger partial charge in [-0.2, -0.15) is 0 Å². The number of carbonyl (C=O) groups is 1. The van der Waals surface area contributed by atoms with Gasteiger partial charge < -0.3 is 4.90 Å². The molecule has 1 aromatic carbocycles. The molecule has 0 spiro atoms. The van der Waals surface area contributed by atoms with Gasteiger partial charge >= 0.3 is 0 Å². The van der Waals surface area contributed by atoms with Crippen LogP contribution in [0, 0.1) is 11.7 Å². The largest absolute Gasteiger partial charge is 0.339 e. The summed E-state index contributed by atoms with van der Waals surface area (Å²) in [4.78, 5) is 13.5. The average molecular weight is 302 g/mol. The Labute approximate surface area is 118 Å². The highest BCUT2D eigenvalue weighted by Crippen LogP contribution is 2.16. The van der Waals surface area contributed by atoms with Crippen molar-refractivity contribution in [3.63, 3.8) is 0 Å². The van der Waals surface area contributed by atoms with Gasteiger partial charge in [-0.15, -0.1) is 0 Å². The fourth-order valence-electron chi connectivity index (χ4n) is 1.81. The molecule has 5 nitrogen and oxygen atoms in total. The molecule has 7 heteroatoms. The topological polar surface area (TPSA) is 80.5 Å². The fraction of sp³-hybridized carbons (Fsp3) is 0.462. The monoisotopic (exact) mass is 302 g/mol. The molecule has 0 aliphatic carbocycles. The third-order valence-corrected chi connectivity index (χ3v) is 3.66. The number of hydrogen-bond donors (Lipinski definition) is 1. The number of carbonyl (C=O) groups excluding carboxylic acids is 1. The summed E-state index contributed by atoms with van der Waals surface area (Å²) in [6, 6.07) is 2.96. The van der Waals surface area contributed by atoms with Crippen molar-refractivity contribution in [3.8, 4) is 0 Å². The van der Waals surface area contributed by atoms with Gasteiger partial charge in [-0.3, -0.25) is 4.79 Å². The van der Waals surface area contributed by atoms with Crippen LogP contribution >= 0.6 is 0 Å². The van der Waals surface area contributed by atoms with Crippen LogP contribution in [0.5, 0.6) is 0 Å². The minimum Gasteiger partial charge on any atom is -0.339 e. The molecule has 2 N–H and O–H groups in total. The maximum atomic E-state index is 13.8. The highest BCUT2D eigenvalue weighted by Gasteiger charge is 2.21. The zero-order chi connectivity index (χ0) is 15.5. The Morgan fingerprint density at radius 2 is 2.00 bits per heavy atom. The molecule has 0 aromatic heterocycles. The van der Waals surface area contributed by atoms with Crippen molar-refractivity contribution >= 4 is 15.9 Å². The molecule has 0 aliphatic heterocycles. The molecule has 0 saturated heterocycles. The van der Waals surface area contributed by atoms with Crippen molar-refractivity contribution < 1.29 is 17.6 Å². The van der Waals surface area contributed by atoms with E-state index in [1.807, 2.05) is 13.8 Å². The van der Waals surface area contributed by atoms with E-state index in [0.717, 1.165) is 18.2 Å². The Balaban J connectivity index is 3.21. The van der Waals surface area contributed by atoms with Gasteiger partial charge in [0.15, 0.2) is 0 Å². The van der Waals surface area contributed by atoms with E-state index < -0.39 is 21.7 Å². The number of nitrogens with two attached hydrogens (primary N) is 1. The van der Waals surface area contributed by atoms with Crippen molar-refractivity contribution in [1.29, 1.82) is 0 Å². The molecule has 0 atom stereocenters. The number of sulfonamides is 1. The number of rotatable bonds is 5. The van der Waals surface area contributed by atoms with Crippen molar-refractivity contribution in [3.05, 3.63) is 29.6 Å². The average Bonchev–Trinajstić information content (AvgIpc) is 2.34. The first-order valence-electron chi connectivity index (χ1n) is 6.28. The summed E-state index contributed by atoms with van der Waals surface area (Å²) in [5.74, 6) is -1.07. The number of amides is 1. The second kappa shape index (κ2) is 6.32. The number of primary sulfonamides is 1. The summed E-state index contributed by atoms with van der Waals surface area (Å²) in [5.41, 5.74) is -0.279. The minimum atomic E-state index is -3.97. The summed E-state index contributed by atoms with van der Waals surface area (Å²) >= 11 is 0. The van der Waals surface area contributed by atoms with Crippen LogP contribution < -0.4 is 5.14 Å². The quantitative estimate of drug-likeness (QED) is 0.897. The lowest BCUT2D eigenvalue weighted by molar-refractivity contribution is 0.0741. The molecule has 0 radical (unpaired) electrons. The van der Waals surface area contributed by atoms with Gasteiger partial charge in [0, 0.05) is 13.1 Å². The normalized spacial score (nSPS) is 11.7. The van der Waals surface area contributed by atoms with Crippen LogP contribution in [-0.2, 0) is 10.0 Å². The smallest absolute Gasteiger partial charge is 0.256 e. The zero-order valence-corrected chi connectivity index (χ0v) is 12.6. The Morgan fingerprint density at radius 1 is 1.40 bits per heavy atom. The molecule has 1 aromatic rings. The van der Waals surface area contributed by atoms with Gasteiger partial charge in [0.05, 0.1) is 10.5 Å². The van der Waals surface area contributed by atoms with Crippen LogP contribution in [0.4, 0.5) is 4.39 Å². The first kappa shape index (κ1) is 16.6. The summed E-state index contributed by atoms with van der Waals surface area (Å²) in [5, 5.41) is 4.99. The second-order valence-corrected chi connectivity index (χ2v) is 6.49. The van der Waals surface area contributed by atoms with Gasteiger partial charge in [-0.05, 0) is 31.0 Å². The third kappa shape index (κ3) is 4.01. The Kier molecular flexibility index (Phi) is 5.24. The first-order valence-corrected chi connectivity index (χ1v) is 7.83. The van der Waals surface area contributed by atoms with Gasteiger partial charge in [0.25, 0.3) is 5.91 Å². The minimum absolute atomic E-state index is 0.225. The summed E-state index contributed by atoms with van der Waals surface area (Å²) in [6.07, 6.45) is 0. The number of nitrogens with zero attached hydrogens (tertiary/aromatic N) is 1. The van der Waals surface area contributed by atoms with Gasteiger partial charge in [0.1, 0.15) is 5.82 Å². The molecule has 0 heterocycles. The third-order valence-electron chi connectivity index (χ3n) is 2.75. The predicted molar refractivity (Wildman–Crippen MR) is 74.2 cm³/mol. The maximum absolute atomic E-state index is 13.8. The van der Waals surface area contributed by atoms with E-state index in [1.54, 1.807) is 6.92 Å². The van der Waals surface area contributed by atoms with Crippen molar-refractivity contribution in [1.82, 2.24) is 4.90 Å². The Morgan fingerprint density at radius 3 is 2.45 bits per heavy atom. The lowest BCUT2D eigenvalue weighted by Gasteiger charge is -2.23. The lowest BCUT2D eigenvalue weighted by Crippen LogP contribution is -2.34. The summed E-state index contributed by atoms with van der Waals surface area (Å²) < 4.78 is 36.3. The fourth-order valence-corrected chi connectivity index (χ4v) is 2.35. The highest BCUT2D eigenvalue weighted by molar-refractivity contribution is 7.89. The van der Waals surface area contributed by atoms with E-state index in [-0.39, 0.29) is 16.4 Å². The molecular formula is C13H19FN2O3S. The van der Waals surface area contributed by atoms with Crippen molar-refractivity contribution in [2.45, 2.75) is 25.7 Å². The molecular weight excluding hydrogens is 283 g/mol. The van der Waals surface area contributed by atoms with Crippen LogP contribution in [-0.4, -0.2) is 32.3 Å². The molecule has 0 bridgehead atoms. The number of hydrogen-bond acceptors (Lipinski definition) is 3. The van der Waals surface area contributed by atoms with Crippen LogP contribution in [0.2, 0.25) is 0 Å². The molecule has 20 heavy (non-hydrogen) atoms. The highest BCUT2D eigenvalue weighted by atomic mass is 32.2.